The van der Waals surface area contributed by atoms with Crippen LogP contribution in [0.25, 0.3) is 0 Å². The largest absolute Gasteiger partial charge is 0.726 e. The highest BCUT2D eigenvalue weighted by Crippen LogP contribution is 2.23. The lowest BCUT2D eigenvalue weighted by Crippen LogP contribution is -2.24. The summed E-state index contributed by atoms with van der Waals surface area (Å²) in [5.41, 5.74) is 1.07. The van der Waals surface area contributed by atoms with Gasteiger partial charge >= 0.3 is 5.97 Å². The van der Waals surface area contributed by atoms with Crippen LogP contribution in [-0.2, 0) is 37.7 Å². The molecule has 0 spiro atoms. The molecular weight excluding hydrogens is 456 g/mol. The van der Waals surface area contributed by atoms with Crippen molar-refractivity contribution in [3.05, 3.63) is 54.6 Å². The molecule has 0 aliphatic carbocycles. The predicted molar refractivity (Wildman–Crippen MR) is 129 cm³/mol. The van der Waals surface area contributed by atoms with E-state index in [2.05, 4.69) is 18.0 Å². The number of ether oxygens (including phenoxy) is 1. The van der Waals surface area contributed by atoms with Crippen molar-refractivity contribution in [2.24, 2.45) is 7.05 Å². The minimum atomic E-state index is -4.47. The van der Waals surface area contributed by atoms with Crippen LogP contribution in [-0.4, -0.2) is 30.1 Å². The van der Waals surface area contributed by atoms with Crippen molar-refractivity contribution in [3.63, 3.8) is 0 Å². The first-order valence-electron chi connectivity index (χ1n) is 12.1. The number of carbonyl (C=O) groups excluding carboxylic acids is 1. The standard InChI is InChI=1S/C17H23N2O2.C8H18O4S/c1-3-4-10-16(15-8-6-5-7-9-15)21-17(20)13-19-12-11-18(2)14-19;1-2-3-4-5-6-7-8-12-13(9,10)11/h5-9,11-12,14,16H,3-4,10,13H2,1-2H3;2-8H2,1H3,(H,9,10,11)/q+1;/p-1/t16-;/m1./s1. The number of aryl methyl sites for hydroxylation is 1. The van der Waals surface area contributed by atoms with Gasteiger partial charge in [0.05, 0.1) is 13.7 Å². The molecule has 0 aliphatic rings. The Morgan fingerprint density at radius 1 is 1.03 bits per heavy atom. The molecule has 0 bridgehead atoms. The van der Waals surface area contributed by atoms with Crippen molar-refractivity contribution >= 4 is 16.4 Å². The van der Waals surface area contributed by atoms with Gasteiger partial charge in [-0.1, -0.05) is 82.7 Å². The number of carbonyl (C=O) groups is 1. The molecule has 1 heterocycles. The number of hydrogen-bond acceptors (Lipinski definition) is 6. The normalized spacial score (nSPS) is 12.0. The van der Waals surface area contributed by atoms with Crippen molar-refractivity contribution in [1.82, 2.24) is 4.57 Å². The van der Waals surface area contributed by atoms with Crippen LogP contribution < -0.4 is 4.57 Å². The van der Waals surface area contributed by atoms with Gasteiger partial charge in [-0.2, -0.15) is 0 Å². The molecule has 0 fully saturated rings. The van der Waals surface area contributed by atoms with E-state index in [9.17, 15) is 17.8 Å². The summed E-state index contributed by atoms with van der Waals surface area (Å²) in [5.74, 6) is -0.198. The number of imidazole rings is 1. The van der Waals surface area contributed by atoms with E-state index < -0.39 is 10.4 Å². The zero-order valence-electron chi connectivity index (χ0n) is 20.7. The lowest BCUT2D eigenvalue weighted by Gasteiger charge is -2.17. The van der Waals surface area contributed by atoms with Gasteiger partial charge in [0, 0.05) is 0 Å². The Bertz CT molecular complexity index is 899. The van der Waals surface area contributed by atoms with Crippen LogP contribution >= 0.6 is 0 Å². The van der Waals surface area contributed by atoms with Crippen LogP contribution in [0.1, 0.15) is 83.3 Å². The summed E-state index contributed by atoms with van der Waals surface area (Å²) in [7, 11) is -2.55. The van der Waals surface area contributed by atoms with Crippen LogP contribution in [0.2, 0.25) is 0 Å². The van der Waals surface area contributed by atoms with E-state index >= 15 is 0 Å². The maximum absolute atomic E-state index is 12.1. The fourth-order valence-electron chi connectivity index (χ4n) is 3.33. The third-order valence-corrected chi connectivity index (χ3v) is 5.58. The number of aromatic nitrogens is 2. The molecule has 2 aromatic rings. The van der Waals surface area contributed by atoms with E-state index in [1.165, 1.54) is 19.3 Å². The molecule has 0 N–H and O–H groups in total. The Hall–Kier alpha value is -2.23. The SMILES string of the molecule is CCCCCCCCOS(=O)(=O)[O-].CCCC[C@@H](OC(=O)Cn1cc[n+](C)c1)c1ccccc1. The summed E-state index contributed by atoms with van der Waals surface area (Å²) in [6.45, 7) is 4.55. The van der Waals surface area contributed by atoms with Gasteiger partial charge in [-0.3, -0.25) is 4.18 Å². The zero-order valence-corrected chi connectivity index (χ0v) is 21.5. The molecule has 0 radical (unpaired) electrons. The molecule has 1 aromatic heterocycles. The van der Waals surface area contributed by atoms with Gasteiger partial charge in [0.1, 0.15) is 18.5 Å². The van der Waals surface area contributed by atoms with Gasteiger partial charge in [0.15, 0.2) is 6.54 Å². The Morgan fingerprint density at radius 3 is 2.26 bits per heavy atom. The van der Waals surface area contributed by atoms with E-state index in [4.69, 9.17) is 4.74 Å². The minimum Gasteiger partial charge on any atom is -0.726 e. The number of rotatable bonds is 15. The third kappa shape index (κ3) is 14.8. The van der Waals surface area contributed by atoms with E-state index in [0.717, 1.165) is 37.7 Å². The summed E-state index contributed by atoms with van der Waals surface area (Å²) in [6, 6.07) is 9.97. The van der Waals surface area contributed by atoms with E-state index in [0.29, 0.717) is 6.42 Å². The number of nitrogens with zero attached hydrogens (tertiary/aromatic N) is 2. The van der Waals surface area contributed by atoms with Crippen molar-refractivity contribution in [2.45, 2.75) is 84.3 Å². The molecule has 9 heteroatoms. The first-order chi connectivity index (χ1) is 16.2. The molecule has 192 valence electrons. The number of hydrogen-bond donors (Lipinski definition) is 0. The van der Waals surface area contributed by atoms with Crippen molar-refractivity contribution < 1.29 is 31.3 Å². The summed E-state index contributed by atoms with van der Waals surface area (Å²) in [4.78, 5) is 12.1. The molecule has 2 rings (SSSR count). The van der Waals surface area contributed by atoms with Gasteiger partial charge in [-0.15, -0.1) is 0 Å². The lowest BCUT2D eigenvalue weighted by molar-refractivity contribution is -0.671. The fraction of sp³-hybridized carbons (Fsp3) is 0.600. The van der Waals surface area contributed by atoms with Crippen LogP contribution in [0, 0.1) is 0 Å². The summed E-state index contributed by atoms with van der Waals surface area (Å²) in [6.07, 6.45) is 14.7. The Kier molecular flexibility index (Phi) is 15.1. The molecule has 1 atom stereocenters. The fourth-order valence-corrected chi connectivity index (χ4v) is 3.66. The van der Waals surface area contributed by atoms with Crippen LogP contribution in [0.4, 0.5) is 0 Å². The maximum atomic E-state index is 12.1. The summed E-state index contributed by atoms with van der Waals surface area (Å²) >= 11 is 0. The van der Waals surface area contributed by atoms with Gasteiger partial charge < -0.3 is 9.29 Å². The monoisotopic (exact) mass is 496 g/mol. The first-order valence-corrected chi connectivity index (χ1v) is 13.4. The quantitative estimate of drug-likeness (QED) is 0.117. The Morgan fingerprint density at radius 2 is 1.68 bits per heavy atom. The van der Waals surface area contributed by atoms with Gasteiger partial charge in [0.2, 0.25) is 16.7 Å². The Balaban J connectivity index is 0.000000385. The highest BCUT2D eigenvalue weighted by atomic mass is 32.3. The smallest absolute Gasteiger partial charge is 0.349 e. The average Bonchev–Trinajstić information content (AvgIpc) is 3.20. The van der Waals surface area contributed by atoms with Gasteiger partial charge in [-0.05, 0) is 24.8 Å². The summed E-state index contributed by atoms with van der Waals surface area (Å²) in [5, 5.41) is 0. The number of unbranched alkanes of at least 4 members (excludes halogenated alkanes) is 6. The lowest BCUT2D eigenvalue weighted by atomic mass is 10.0. The van der Waals surface area contributed by atoms with E-state index in [-0.39, 0.29) is 25.2 Å². The van der Waals surface area contributed by atoms with Crippen molar-refractivity contribution in [1.29, 1.82) is 0 Å². The molecule has 1 aromatic carbocycles. The topological polar surface area (TPSA) is 102 Å². The molecular formula is C25H40N2O6S. The second-order valence-electron chi connectivity index (χ2n) is 8.28. The average molecular weight is 497 g/mol. The van der Waals surface area contributed by atoms with Crippen molar-refractivity contribution in [2.75, 3.05) is 6.61 Å². The van der Waals surface area contributed by atoms with Gasteiger partial charge in [0.25, 0.3) is 0 Å². The maximum Gasteiger partial charge on any atom is 0.349 e. The molecule has 0 saturated carbocycles. The highest BCUT2D eigenvalue weighted by molar-refractivity contribution is 7.80. The second-order valence-corrected chi connectivity index (χ2v) is 9.33. The van der Waals surface area contributed by atoms with Gasteiger partial charge in [-0.25, -0.2) is 22.3 Å². The molecule has 0 unspecified atom stereocenters. The van der Waals surface area contributed by atoms with E-state index in [1.807, 2.05) is 65.2 Å². The predicted octanol–water partition coefficient (Wildman–Crippen LogP) is 4.61. The summed E-state index contributed by atoms with van der Waals surface area (Å²) < 4.78 is 43.4. The van der Waals surface area contributed by atoms with Crippen LogP contribution in [0.5, 0.6) is 0 Å². The first kappa shape index (κ1) is 29.8. The minimum absolute atomic E-state index is 0.0258. The Labute approximate surface area is 204 Å². The molecule has 0 saturated heterocycles. The van der Waals surface area contributed by atoms with Crippen LogP contribution in [0.3, 0.4) is 0 Å². The number of benzene rings is 1. The van der Waals surface area contributed by atoms with E-state index in [1.54, 1.807) is 0 Å². The number of esters is 1. The molecule has 8 nitrogen and oxygen atoms in total. The molecule has 34 heavy (non-hydrogen) atoms. The third-order valence-electron chi connectivity index (χ3n) is 5.13. The molecule has 0 aliphatic heterocycles. The highest BCUT2D eigenvalue weighted by Gasteiger charge is 2.18. The second kappa shape index (κ2) is 17.2. The van der Waals surface area contributed by atoms with Crippen molar-refractivity contribution in [3.8, 4) is 0 Å². The molecule has 0 amide bonds. The zero-order chi connectivity index (χ0) is 25.2. The van der Waals surface area contributed by atoms with Crippen LogP contribution in [0.15, 0.2) is 49.1 Å².